The molecule has 2 heterocycles. The van der Waals surface area contributed by atoms with Crippen molar-refractivity contribution < 1.29 is 4.79 Å². The summed E-state index contributed by atoms with van der Waals surface area (Å²) in [5.41, 5.74) is 2.01. The molecule has 2 aromatic rings. The molecular formula is C14H20N6O2. The van der Waals surface area contributed by atoms with Gasteiger partial charge in [-0.3, -0.25) is 4.79 Å². The summed E-state index contributed by atoms with van der Waals surface area (Å²) in [5.74, 6) is 0.652. The fourth-order valence-corrected chi connectivity index (χ4v) is 2.27. The molecule has 0 aromatic carbocycles. The highest BCUT2D eigenvalue weighted by molar-refractivity contribution is 5.74. The van der Waals surface area contributed by atoms with Gasteiger partial charge in [0, 0.05) is 18.3 Å². The van der Waals surface area contributed by atoms with E-state index in [-0.39, 0.29) is 24.2 Å². The summed E-state index contributed by atoms with van der Waals surface area (Å²) < 4.78 is 1.74. The van der Waals surface area contributed by atoms with Gasteiger partial charge < -0.3 is 20.2 Å². The molecular weight excluding hydrogens is 284 g/mol. The van der Waals surface area contributed by atoms with Crippen LogP contribution in [-0.4, -0.2) is 25.8 Å². The van der Waals surface area contributed by atoms with Gasteiger partial charge in [0.25, 0.3) is 5.56 Å². The Morgan fingerprint density at radius 1 is 1.45 bits per heavy atom. The van der Waals surface area contributed by atoms with Crippen molar-refractivity contribution in [2.75, 3.05) is 0 Å². The predicted molar refractivity (Wildman–Crippen MR) is 81.3 cm³/mol. The number of nitrogens with one attached hydrogen (secondary N) is 3. The molecule has 0 aliphatic carbocycles. The van der Waals surface area contributed by atoms with E-state index in [1.54, 1.807) is 17.9 Å². The van der Waals surface area contributed by atoms with E-state index in [2.05, 4.69) is 25.8 Å². The molecule has 8 nitrogen and oxygen atoms in total. The topological polar surface area (TPSA) is 105 Å². The standard InChI is InChI=1S/C14H20N6O2/c1-8-5-9(2)17-13(21)11(8)6-15-14(22)18-10(3)12-19-16-7-20(12)4/h5,7,10H,6H2,1-4H3,(H,17,21)(H2,15,18,22)/t10-/m0/s1. The van der Waals surface area contributed by atoms with Crippen LogP contribution in [-0.2, 0) is 13.6 Å². The monoisotopic (exact) mass is 304 g/mol. The van der Waals surface area contributed by atoms with Crippen LogP contribution in [0.2, 0.25) is 0 Å². The highest BCUT2D eigenvalue weighted by atomic mass is 16.2. The summed E-state index contributed by atoms with van der Waals surface area (Å²) in [4.78, 5) is 26.5. The molecule has 0 radical (unpaired) electrons. The molecule has 0 aliphatic heterocycles. The fourth-order valence-electron chi connectivity index (χ4n) is 2.27. The number of amides is 2. The van der Waals surface area contributed by atoms with Crippen LogP contribution in [0.5, 0.6) is 0 Å². The first kappa shape index (κ1) is 15.7. The normalized spacial score (nSPS) is 12.0. The minimum absolute atomic E-state index is 0.165. The van der Waals surface area contributed by atoms with Gasteiger partial charge in [-0.25, -0.2) is 4.79 Å². The van der Waals surface area contributed by atoms with Crippen LogP contribution >= 0.6 is 0 Å². The van der Waals surface area contributed by atoms with E-state index >= 15 is 0 Å². The minimum atomic E-state index is -0.366. The van der Waals surface area contributed by atoms with E-state index < -0.39 is 0 Å². The Labute approximate surface area is 128 Å². The van der Waals surface area contributed by atoms with Gasteiger partial charge in [-0.2, -0.15) is 0 Å². The second-order valence-electron chi connectivity index (χ2n) is 5.29. The maximum Gasteiger partial charge on any atom is 0.315 e. The highest BCUT2D eigenvalue weighted by Gasteiger charge is 2.14. The van der Waals surface area contributed by atoms with Crippen molar-refractivity contribution in [3.05, 3.63) is 45.4 Å². The summed E-state index contributed by atoms with van der Waals surface area (Å²) in [6, 6.07) is 1.22. The fraction of sp³-hybridized carbons (Fsp3) is 0.429. The number of hydrogen-bond acceptors (Lipinski definition) is 4. The molecule has 22 heavy (non-hydrogen) atoms. The Bertz CT molecular complexity index is 733. The SMILES string of the molecule is Cc1cc(C)c(CNC(=O)N[C@@H](C)c2nncn2C)c(=O)[nH]1. The minimum Gasteiger partial charge on any atom is -0.334 e. The summed E-state index contributed by atoms with van der Waals surface area (Å²) >= 11 is 0. The molecule has 0 bridgehead atoms. The lowest BCUT2D eigenvalue weighted by Gasteiger charge is -2.14. The van der Waals surface area contributed by atoms with Crippen molar-refractivity contribution in [3.63, 3.8) is 0 Å². The first-order valence-electron chi connectivity index (χ1n) is 6.96. The number of H-pyrrole nitrogens is 1. The van der Waals surface area contributed by atoms with Gasteiger partial charge in [0.2, 0.25) is 0 Å². The molecule has 0 fully saturated rings. The Balaban J connectivity index is 1.96. The number of urea groups is 1. The summed E-state index contributed by atoms with van der Waals surface area (Å²) in [5, 5.41) is 13.2. The molecule has 0 spiro atoms. The van der Waals surface area contributed by atoms with Crippen LogP contribution in [0.3, 0.4) is 0 Å². The van der Waals surface area contributed by atoms with Crippen molar-refractivity contribution in [2.24, 2.45) is 7.05 Å². The average molecular weight is 304 g/mol. The molecule has 8 heteroatoms. The predicted octanol–water partition coefficient (Wildman–Crippen LogP) is 0.681. The smallest absolute Gasteiger partial charge is 0.315 e. The van der Waals surface area contributed by atoms with Crippen molar-refractivity contribution >= 4 is 6.03 Å². The average Bonchev–Trinajstić information content (AvgIpc) is 2.83. The van der Waals surface area contributed by atoms with Crippen molar-refractivity contribution in [2.45, 2.75) is 33.4 Å². The van der Waals surface area contributed by atoms with Gasteiger partial charge in [0.15, 0.2) is 5.82 Å². The number of nitrogens with zero attached hydrogens (tertiary/aromatic N) is 3. The quantitative estimate of drug-likeness (QED) is 0.772. The maximum atomic E-state index is 11.9. The first-order chi connectivity index (χ1) is 10.4. The van der Waals surface area contributed by atoms with E-state index in [0.717, 1.165) is 11.3 Å². The van der Waals surface area contributed by atoms with Crippen LogP contribution in [0.1, 0.15) is 35.6 Å². The zero-order valence-electron chi connectivity index (χ0n) is 13.1. The van der Waals surface area contributed by atoms with Crippen molar-refractivity contribution in [1.29, 1.82) is 0 Å². The van der Waals surface area contributed by atoms with Crippen molar-refractivity contribution in [3.8, 4) is 0 Å². The molecule has 118 valence electrons. The molecule has 2 amide bonds. The molecule has 0 saturated carbocycles. The molecule has 0 unspecified atom stereocenters. The number of aromatic amines is 1. The van der Waals surface area contributed by atoms with Crippen LogP contribution in [0.4, 0.5) is 4.79 Å². The number of carbonyl (C=O) groups is 1. The molecule has 0 saturated heterocycles. The van der Waals surface area contributed by atoms with E-state index in [4.69, 9.17) is 0 Å². The van der Waals surface area contributed by atoms with Gasteiger partial charge in [0.1, 0.15) is 6.33 Å². The highest BCUT2D eigenvalue weighted by Crippen LogP contribution is 2.07. The second kappa shape index (κ2) is 6.42. The molecule has 2 rings (SSSR count). The number of aryl methyl sites for hydroxylation is 3. The third-order valence-electron chi connectivity index (χ3n) is 3.40. The maximum absolute atomic E-state index is 11.9. The number of rotatable bonds is 4. The van der Waals surface area contributed by atoms with E-state index in [0.29, 0.717) is 11.4 Å². The van der Waals surface area contributed by atoms with Gasteiger partial charge in [-0.05, 0) is 32.4 Å². The first-order valence-corrected chi connectivity index (χ1v) is 6.96. The number of carbonyl (C=O) groups excluding carboxylic acids is 1. The zero-order valence-corrected chi connectivity index (χ0v) is 13.1. The summed E-state index contributed by atoms with van der Waals surface area (Å²) in [6.45, 7) is 5.65. The number of pyridine rings is 1. The Kier molecular flexibility index (Phi) is 4.59. The molecule has 2 aromatic heterocycles. The van der Waals surface area contributed by atoms with Gasteiger partial charge in [0.05, 0.1) is 12.6 Å². The van der Waals surface area contributed by atoms with Gasteiger partial charge in [-0.15, -0.1) is 10.2 Å². The van der Waals surface area contributed by atoms with E-state index in [1.807, 2.05) is 26.8 Å². The van der Waals surface area contributed by atoms with Crippen LogP contribution in [0.25, 0.3) is 0 Å². The Hall–Kier alpha value is -2.64. The third kappa shape index (κ3) is 3.51. The zero-order chi connectivity index (χ0) is 16.3. The molecule has 3 N–H and O–H groups in total. The summed E-state index contributed by atoms with van der Waals surface area (Å²) in [6.07, 6.45) is 1.57. The van der Waals surface area contributed by atoms with Crippen molar-refractivity contribution in [1.82, 2.24) is 30.4 Å². The molecule has 0 aliphatic rings. The van der Waals surface area contributed by atoms with Crippen LogP contribution in [0, 0.1) is 13.8 Å². The molecule has 1 atom stereocenters. The van der Waals surface area contributed by atoms with Crippen LogP contribution in [0.15, 0.2) is 17.2 Å². The lowest BCUT2D eigenvalue weighted by atomic mass is 10.1. The lowest BCUT2D eigenvalue weighted by Crippen LogP contribution is -2.38. The largest absolute Gasteiger partial charge is 0.334 e. The number of hydrogen-bond donors (Lipinski definition) is 3. The third-order valence-corrected chi connectivity index (χ3v) is 3.40. The van der Waals surface area contributed by atoms with Gasteiger partial charge in [-0.1, -0.05) is 0 Å². The van der Waals surface area contributed by atoms with Crippen LogP contribution < -0.4 is 16.2 Å². The lowest BCUT2D eigenvalue weighted by molar-refractivity contribution is 0.237. The van der Waals surface area contributed by atoms with E-state index in [1.165, 1.54) is 0 Å². The van der Waals surface area contributed by atoms with Gasteiger partial charge >= 0.3 is 6.03 Å². The number of aromatic nitrogens is 4. The van der Waals surface area contributed by atoms with E-state index in [9.17, 15) is 9.59 Å². The second-order valence-corrected chi connectivity index (χ2v) is 5.29. The Morgan fingerprint density at radius 3 is 2.77 bits per heavy atom. The Morgan fingerprint density at radius 2 is 2.18 bits per heavy atom. The summed E-state index contributed by atoms with van der Waals surface area (Å²) in [7, 11) is 1.81.